The molecule has 13 heterocycles. The highest BCUT2D eigenvalue weighted by molar-refractivity contribution is 5.78. The summed E-state index contributed by atoms with van der Waals surface area (Å²) in [6.07, 6.45) is 57.3. The van der Waals surface area contributed by atoms with E-state index in [4.69, 9.17) is 18.9 Å². The van der Waals surface area contributed by atoms with E-state index < -0.39 is 0 Å². The van der Waals surface area contributed by atoms with Gasteiger partial charge in [0.25, 0.3) is 0 Å². The lowest BCUT2D eigenvalue weighted by Gasteiger charge is -2.09. The number of rotatable bonds is 0. The minimum atomic E-state index is 0.204. The highest BCUT2D eigenvalue weighted by Gasteiger charge is 2.10. The summed E-state index contributed by atoms with van der Waals surface area (Å²) in [5.41, 5.74) is 6.27. The Morgan fingerprint density at radius 3 is 0.454 bits per heavy atom. The van der Waals surface area contributed by atoms with Crippen molar-refractivity contribution < 1.29 is 33.3 Å². The van der Waals surface area contributed by atoms with Crippen molar-refractivity contribution in [2.75, 3.05) is 151 Å². The molecule has 2 aromatic rings. The summed E-state index contributed by atoms with van der Waals surface area (Å²) in [4.78, 5) is 30.4. The van der Waals surface area contributed by atoms with Gasteiger partial charge in [0.2, 0.25) is 17.7 Å². The van der Waals surface area contributed by atoms with Gasteiger partial charge in [-0.2, -0.15) is 0 Å². The second kappa shape index (κ2) is 70.9. The fourth-order valence-electron chi connectivity index (χ4n) is 9.64. The molecule has 13 aliphatic heterocycles. The van der Waals surface area contributed by atoms with Gasteiger partial charge in [-0.3, -0.25) is 14.4 Å². The van der Waals surface area contributed by atoms with Gasteiger partial charge in [-0.1, -0.05) is 145 Å². The highest BCUT2D eigenvalue weighted by atomic mass is 16.5. The van der Waals surface area contributed by atoms with E-state index in [0.29, 0.717) is 0 Å². The Morgan fingerprint density at radius 2 is 0.371 bits per heavy atom. The average Bonchev–Trinajstić information content (AvgIpc) is 1.78. The lowest BCUT2D eigenvalue weighted by atomic mass is 10.0. The number of hydrogen-bond acceptors (Lipinski definition) is 13. The molecule has 0 radical (unpaired) electrons. The minimum absolute atomic E-state index is 0.204. The predicted octanol–water partition coefficient (Wildman–Crippen LogP) is 13.7. The molecule has 0 spiro atoms. The molecule has 560 valence electrons. The monoisotopic (exact) mass is 1360 g/mol. The first-order chi connectivity index (χ1) is 48.1. The second-order valence-electron chi connectivity index (χ2n) is 27.5. The number of nitrogens with one attached hydrogen (secondary N) is 9. The fraction of sp³-hybridized carbons (Fsp3) is 0.815. The van der Waals surface area contributed by atoms with Crippen LogP contribution in [0.4, 0.5) is 0 Å². The summed E-state index contributed by atoms with van der Waals surface area (Å²) >= 11 is 0. The molecule has 6 aliphatic carbocycles. The van der Waals surface area contributed by atoms with Crippen LogP contribution in [0.2, 0.25) is 0 Å². The van der Waals surface area contributed by atoms with Crippen LogP contribution in [0.15, 0.2) is 48.5 Å². The second-order valence-corrected chi connectivity index (χ2v) is 27.5. The SMILES string of the molecule is C1CC1.C1CCC1.C1CCC1.C1CCC1.C1CCNC1.C1CCNC1.C1CCNC1.C1CCNC1.C1CCOC1.C1CCOC1.C1CNC1.C1CNC1.C1COC1.C1COC1.O=C1CCCN1.O=C1CCCN1.O=C1CCCN1.c1ccc2c(c1)CCC2.c1ccc2c(c1)CCC2. The van der Waals surface area contributed by atoms with Crippen LogP contribution < -0.4 is 47.9 Å². The van der Waals surface area contributed by atoms with Crippen molar-refractivity contribution in [2.24, 2.45) is 0 Å². The number of hydrogen-bond donors (Lipinski definition) is 9. The standard InChI is InChI=1S/2C9H10.3C4H7NO.4C4H9N.2C4H8O.3C4H8.2C3H7N.2C3H6O.C3H6/c2*1-2-5-9-7-3-6-8(9)4-1;3*6-4-2-1-3-5-4;6*1-2-4-5-3-1;7*1-2-4-3-1;1-2-3-1/h2*1-2,4-5H,3,6-7H2;3*1-3H2,(H,5,6);4*5H,1-4H2;2*1-4H2;3*1-4H2;2*4H,1-3H2;2*1-3H2;1-3H2. The molecular weight excluding hydrogens is 1210 g/mol. The smallest absolute Gasteiger partial charge is 0.220 e. The van der Waals surface area contributed by atoms with Crippen molar-refractivity contribution in [1.82, 2.24) is 47.9 Å². The van der Waals surface area contributed by atoms with E-state index in [1.807, 2.05) is 0 Å². The first-order valence-electron chi connectivity index (χ1n) is 40.6. The molecule has 0 unspecified atom stereocenters. The molecule has 97 heavy (non-hydrogen) atoms. The molecule has 19 aliphatic rings. The van der Waals surface area contributed by atoms with E-state index >= 15 is 0 Å². The van der Waals surface area contributed by atoms with Crippen molar-refractivity contribution in [2.45, 2.75) is 276 Å². The molecule has 13 saturated heterocycles. The maximum absolute atomic E-state index is 10.1. The van der Waals surface area contributed by atoms with Crippen molar-refractivity contribution >= 4 is 17.7 Å². The van der Waals surface area contributed by atoms with Crippen LogP contribution in [0.3, 0.4) is 0 Å². The van der Waals surface area contributed by atoms with Crippen LogP contribution in [-0.4, -0.2) is 169 Å². The minimum Gasteiger partial charge on any atom is -0.381 e. The zero-order valence-corrected chi connectivity index (χ0v) is 62.1. The molecule has 0 bridgehead atoms. The van der Waals surface area contributed by atoms with Crippen LogP contribution >= 0.6 is 0 Å². The Morgan fingerprint density at radius 1 is 0.186 bits per heavy atom. The molecule has 4 saturated carbocycles. The Labute approximate surface area is 594 Å². The first-order valence-corrected chi connectivity index (χ1v) is 40.6. The van der Waals surface area contributed by atoms with Gasteiger partial charge in [-0.05, 0) is 261 Å². The zero-order valence-electron chi connectivity index (χ0n) is 62.1. The molecule has 3 amide bonds. The number of amides is 3. The van der Waals surface area contributed by atoms with Crippen LogP contribution in [0.25, 0.3) is 0 Å². The topological polar surface area (TPSA) is 196 Å². The van der Waals surface area contributed by atoms with Gasteiger partial charge >= 0.3 is 0 Å². The molecule has 0 aromatic heterocycles. The van der Waals surface area contributed by atoms with Crippen molar-refractivity contribution in [3.8, 4) is 0 Å². The molecule has 2 aromatic carbocycles. The van der Waals surface area contributed by atoms with Gasteiger partial charge in [-0.15, -0.1) is 0 Å². The number of carbonyl (C=O) groups excluding carboxylic acids is 3. The Bertz CT molecular complexity index is 1590. The summed E-state index contributed by atoms with van der Waals surface area (Å²) in [5, 5.41) is 27.2. The largest absolute Gasteiger partial charge is 0.381 e. The molecular formula is C81H149N9O7. The lowest BCUT2D eigenvalue weighted by Crippen LogP contribution is -2.29. The van der Waals surface area contributed by atoms with Gasteiger partial charge in [-0.25, -0.2) is 0 Å². The third kappa shape index (κ3) is 62.0. The summed E-state index contributed by atoms with van der Waals surface area (Å²) < 4.78 is 19.3. The molecule has 17 fully saturated rings. The van der Waals surface area contributed by atoms with Crippen LogP contribution in [-0.2, 0) is 59.0 Å². The van der Waals surface area contributed by atoms with E-state index in [1.54, 1.807) is 22.3 Å². The highest BCUT2D eigenvalue weighted by Crippen LogP contribution is 2.22. The molecule has 16 nitrogen and oxygen atoms in total. The number of benzene rings is 2. The van der Waals surface area contributed by atoms with Crippen LogP contribution in [0.5, 0.6) is 0 Å². The number of aryl methyl sites for hydroxylation is 4. The third-order valence-corrected chi connectivity index (χ3v) is 18.1. The van der Waals surface area contributed by atoms with E-state index in [-0.39, 0.29) is 17.7 Å². The van der Waals surface area contributed by atoms with E-state index in [1.165, 1.54) is 316 Å². The van der Waals surface area contributed by atoms with E-state index in [9.17, 15) is 14.4 Å². The van der Waals surface area contributed by atoms with Crippen LogP contribution in [0.1, 0.15) is 273 Å². The van der Waals surface area contributed by atoms with Crippen LogP contribution in [0, 0.1) is 0 Å². The Kier molecular flexibility index (Phi) is 64.1. The number of ether oxygens (including phenoxy) is 4. The summed E-state index contributed by atoms with van der Waals surface area (Å²) in [5.74, 6) is 0.611. The molecule has 0 atom stereocenters. The average molecular weight is 1360 g/mol. The maximum atomic E-state index is 10.1. The van der Waals surface area contributed by atoms with Gasteiger partial charge in [0.05, 0.1) is 0 Å². The summed E-state index contributed by atoms with van der Waals surface area (Å²) in [6.45, 7) is 25.7. The molecule has 9 N–H and O–H groups in total. The predicted molar refractivity (Wildman–Crippen MR) is 407 cm³/mol. The summed E-state index contributed by atoms with van der Waals surface area (Å²) in [6, 6.07) is 17.5. The Hall–Kier alpha value is -3.55. The number of carbonyl (C=O) groups is 3. The van der Waals surface area contributed by atoms with Gasteiger partial charge in [0, 0.05) is 91.8 Å². The van der Waals surface area contributed by atoms with E-state index in [2.05, 4.69) is 96.4 Å². The number of fused-ring (bicyclic) bond motifs is 2. The third-order valence-electron chi connectivity index (χ3n) is 18.1. The van der Waals surface area contributed by atoms with Crippen molar-refractivity contribution in [3.05, 3.63) is 70.8 Å². The van der Waals surface area contributed by atoms with Crippen molar-refractivity contribution in [3.63, 3.8) is 0 Å². The first kappa shape index (κ1) is 87.7. The fourth-order valence-corrected chi connectivity index (χ4v) is 9.64. The van der Waals surface area contributed by atoms with E-state index in [0.717, 1.165) is 111 Å². The zero-order chi connectivity index (χ0) is 68.6. The normalized spacial score (nSPS) is 21.9. The summed E-state index contributed by atoms with van der Waals surface area (Å²) in [7, 11) is 0. The van der Waals surface area contributed by atoms with Gasteiger partial charge < -0.3 is 66.8 Å². The van der Waals surface area contributed by atoms with Gasteiger partial charge in [0.15, 0.2) is 0 Å². The maximum Gasteiger partial charge on any atom is 0.220 e. The molecule has 21 rings (SSSR count). The lowest BCUT2D eigenvalue weighted by molar-refractivity contribution is -0.119. The van der Waals surface area contributed by atoms with Gasteiger partial charge in [0.1, 0.15) is 0 Å². The quantitative estimate of drug-likeness (QED) is 0.121. The Balaban J connectivity index is 0.000000268. The van der Waals surface area contributed by atoms with Crippen molar-refractivity contribution in [1.29, 1.82) is 0 Å². The molecule has 16 heteroatoms.